The van der Waals surface area contributed by atoms with Gasteiger partial charge in [-0.1, -0.05) is 90.1 Å². The third kappa shape index (κ3) is 13.5. The zero-order chi connectivity index (χ0) is 32.6. The second kappa shape index (κ2) is 19.6. The van der Waals surface area contributed by atoms with Crippen molar-refractivity contribution in [2.75, 3.05) is 27.3 Å². The van der Waals surface area contributed by atoms with Gasteiger partial charge < -0.3 is 35.2 Å². The van der Waals surface area contributed by atoms with E-state index in [9.17, 15) is 24.6 Å². The smallest absolute Gasteiger partial charge is 0.410 e. The molecule has 0 bridgehead atoms. The number of nitrogens with zero attached hydrogens (tertiary/aromatic N) is 1. The van der Waals surface area contributed by atoms with E-state index in [4.69, 9.17) is 9.47 Å². The zero-order valence-corrected chi connectivity index (χ0v) is 27.7. The Kier molecular flexibility index (Phi) is 16.7. The number of aliphatic hydroxyl groups excluding tert-OH is 2. The number of rotatable bonds is 18. The standard InChI is InChI=1S/C34H57N3O7/c1-23(2)19-28(32(40)35-27(21-25-13-9-7-10-14-25)31(39)29(38)20-24(3)4)36-33(41)30(22-26-15-11-8-12-16-26)44-34(42)37(5)17-18-43-6/h8,11-12,15-16,23-25,27-31,38-39H,7,9-10,13-14,17-22H2,1-6H3,(H,35,40)(H,36,41)/t27-,28-,29-,30-,31+/m0/s1. The van der Waals surface area contributed by atoms with E-state index < -0.39 is 48.3 Å². The third-order valence-electron chi connectivity index (χ3n) is 8.24. The third-order valence-corrected chi connectivity index (χ3v) is 8.24. The summed E-state index contributed by atoms with van der Waals surface area (Å²) in [5.41, 5.74) is 0.805. The van der Waals surface area contributed by atoms with Crippen LogP contribution in [0.4, 0.5) is 4.79 Å². The first-order valence-electron chi connectivity index (χ1n) is 16.3. The van der Waals surface area contributed by atoms with Gasteiger partial charge in [0.2, 0.25) is 5.91 Å². The predicted molar refractivity (Wildman–Crippen MR) is 171 cm³/mol. The minimum Gasteiger partial charge on any atom is -0.436 e. The molecule has 5 atom stereocenters. The number of carbonyl (C=O) groups is 3. The molecule has 1 aromatic carbocycles. The summed E-state index contributed by atoms with van der Waals surface area (Å²) in [6.07, 6.45) is 2.97. The Balaban J connectivity index is 2.25. The molecule has 0 unspecified atom stereocenters. The van der Waals surface area contributed by atoms with Crippen LogP contribution in [0, 0.1) is 17.8 Å². The molecule has 0 spiro atoms. The van der Waals surface area contributed by atoms with Gasteiger partial charge in [0, 0.05) is 27.1 Å². The maximum absolute atomic E-state index is 13.8. The van der Waals surface area contributed by atoms with Crippen molar-refractivity contribution >= 4 is 17.9 Å². The number of nitrogens with one attached hydrogen (secondary N) is 2. The fourth-order valence-electron chi connectivity index (χ4n) is 5.75. The van der Waals surface area contributed by atoms with E-state index in [-0.39, 0.29) is 18.3 Å². The number of hydrogen-bond acceptors (Lipinski definition) is 7. The lowest BCUT2D eigenvalue weighted by atomic mass is 9.82. The monoisotopic (exact) mass is 619 g/mol. The highest BCUT2D eigenvalue weighted by Gasteiger charge is 2.35. The molecule has 3 amide bonds. The van der Waals surface area contributed by atoms with Crippen LogP contribution in [-0.2, 0) is 25.5 Å². The van der Waals surface area contributed by atoms with Gasteiger partial charge in [-0.25, -0.2) is 4.79 Å². The topological polar surface area (TPSA) is 137 Å². The Morgan fingerprint density at radius 1 is 0.932 bits per heavy atom. The highest BCUT2D eigenvalue weighted by molar-refractivity contribution is 5.90. The van der Waals surface area contributed by atoms with Crippen molar-refractivity contribution in [1.29, 1.82) is 0 Å². The number of benzene rings is 1. The Labute approximate surface area is 264 Å². The number of likely N-dealkylation sites (N-methyl/N-ethyl adjacent to an activating group) is 1. The van der Waals surface area contributed by atoms with Crippen LogP contribution in [0.3, 0.4) is 0 Å². The summed E-state index contributed by atoms with van der Waals surface area (Å²) >= 11 is 0. The molecule has 2 rings (SSSR count). The fourth-order valence-corrected chi connectivity index (χ4v) is 5.75. The highest BCUT2D eigenvalue weighted by Crippen LogP contribution is 2.29. The van der Waals surface area contributed by atoms with Gasteiger partial charge in [0.05, 0.1) is 18.8 Å². The average molecular weight is 620 g/mol. The largest absolute Gasteiger partial charge is 0.436 e. The van der Waals surface area contributed by atoms with E-state index in [2.05, 4.69) is 10.6 Å². The van der Waals surface area contributed by atoms with Crippen molar-refractivity contribution in [3.8, 4) is 0 Å². The number of ether oxygens (including phenoxy) is 2. The van der Waals surface area contributed by atoms with Gasteiger partial charge in [-0.15, -0.1) is 0 Å². The van der Waals surface area contributed by atoms with Gasteiger partial charge in [-0.3, -0.25) is 9.59 Å². The molecule has 250 valence electrons. The number of carbonyl (C=O) groups excluding carboxylic acids is 3. The summed E-state index contributed by atoms with van der Waals surface area (Å²) in [7, 11) is 3.10. The number of hydrogen-bond donors (Lipinski definition) is 4. The van der Waals surface area contributed by atoms with Crippen molar-refractivity contribution in [3.05, 3.63) is 35.9 Å². The van der Waals surface area contributed by atoms with Gasteiger partial charge in [-0.2, -0.15) is 0 Å². The van der Waals surface area contributed by atoms with Crippen LogP contribution in [-0.4, -0.2) is 90.7 Å². The Bertz CT molecular complexity index is 984. The second-order valence-electron chi connectivity index (χ2n) is 13.2. The molecule has 1 aromatic rings. The molecule has 10 heteroatoms. The van der Waals surface area contributed by atoms with Gasteiger partial charge >= 0.3 is 6.09 Å². The summed E-state index contributed by atoms with van der Waals surface area (Å²) < 4.78 is 10.7. The molecule has 10 nitrogen and oxygen atoms in total. The Morgan fingerprint density at radius 2 is 1.57 bits per heavy atom. The van der Waals surface area contributed by atoms with E-state index >= 15 is 0 Å². The summed E-state index contributed by atoms with van der Waals surface area (Å²) in [5, 5.41) is 27.8. The first-order chi connectivity index (χ1) is 20.9. The van der Waals surface area contributed by atoms with Crippen LogP contribution >= 0.6 is 0 Å². The summed E-state index contributed by atoms with van der Waals surface area (Å²) in [4.78, 5) is 41.7. The van der Waals surface area contributed by atoms with Crippen molar-refractivity contribution < 1.29 is 34.1 Å². The SMILES string of the molecule is COCCN(C)C(=O)O[C@@H](Cc1ccccc1)C(=O)N[C@@H](CC(C)C)C(=O)N[C@@H](CC1CCCCC1)[C@@H](O)[C@@H](O)CC(C)C. The van der Waals surface area contributed by atoms with Crippen LogP contribution in [0.25, 0.3) is 0 Å². The van der Waals surface area contributed by atoms with Crippen LogP contribution < -0.4 is 10.6 Å². The van der Waals surface area contributed by atoms with E-state index in [1.165, 1.54) is 18.4 Å². The summed E-state index contributed by atoms with van der Waals surface area (Å²) in [6, 6.07) is 7.67. The highest BCUT2D eigenvalue weighted by atomic mass is 16.6. The first kappa shape index (κ1) is 37.5. The first-order valence-corrected chi connectivity index (χ1v) is 16.3. The number of amides is 3. The molecule has 0 aliphatic heterocycles. The lowest BCUT2D eigenvalue weighted by Crippen LogP contribution is -2.57. The maximum Gasteiger partial charge on any atom is 0.410 e. The molecule has 0 aromatic heterocycles. The molecule has 1 aliphatic rings. The molecule has 0 saturated heterocycles. The minimum atomic E-state index is -1.17. The van der Waals surface area contributed by atoms with Crippen LogP contribution in [0.1, 0.15) is 84.6 Å². The average Bonchev–Trinajstić information content (AvgIpc) is 2.98. The van der Waals surface area contributed by atoms with Crippen LogP contribution in [0.5, 0.6) is 0 Å². The van der Waals surface area contributed by atoms with Crippen molar-refractivity contribution in [3.63, 3.8) is 0 Å². The molecular formula is C34H57N3O7. The van der Waals surface area contributed by atoms with E-state index in [1.54, 1.807) is 7.05 Å². The van der Waals surface area contributed by atoms with Crippen molar-refractivity contribution in [2.24, 2.45) is 17.8 Å². The fraction of sp³-hybridized carbons (Fsp3) is 0.735. The second-order valence-corrected chi connectivity index (χ2v) is 13.2. The Hall–Kier alpha value is -2.69. The predicted octanol–water partition coefficient (Wildman–Crippen LogP) is 4.07. The lowest BCUT2D eigenvalue weighted by molar-refractivity contribution is -0.135. The minimum absolute atomic E-state index is 0.0644. The molecule has 1 saturated carbocycles. The summed E-state index contributed by atoms with van der Waals surface area (Å²) in [6.45, 7) is 8.48. The van der Waals surface area contributed by atoms with Gasteiger partial charge in [0.1, 0.15) is 12.1 Å². The molecule has 4 N–H and O–H groups in total. The molecule has 0 radical (unpaired) electrons. The molecular weight excluding hydrogens is 562 g/mol. The normalized spacial score (nSPS) is 17.4. The van der Waals surface area contributed by atoms with Gasteiger partial charge in [-0.05, 0) is 42.6 Å². The molecule has 1 aliphatic carbocycles. The zero-order valence-electron chi connectivity index (χ0n) is 27.7. The van der Waals surface area contributed by atoms with Crippen LogP contribution in [0.2, 0.25) is 0 Å². The quantitative estimate of drug-likeness (QED) is 0.194. The van der Waals surface area contributed by atoms with E-state index in [1.807, 2.05) is 58.0 Å². The molecule has 1 fully saturated rings. The van der Waals surface area contributed by atoms with Crippen molar-refractivity contribution in [2.45, 2.75) is 116 Å². The van der Waals surface area contributed by atoms with Gasteiger partial charge in [0.15, 0.2) is 6.10 Å². The van der Waals surface area contributed by atoms with Crippen molar-refractivity contribution in [1.82, 2.24) is 15.5 Å². The maximum atomic E-state index is 13.8. The molecule has 0 heterocycles. The molecule has 44 heavy (non-hydrogen) atoms. The lowest BCUT2D eigenvalue weighted by Gasteiger charge is -2.34. The van der Waals surface area contributed by atoms with E-state index in [0.717, 1.165) is 31.2 Å². The van der Waals surface area contributed by atoms with Gasteiger partial charge in [0.25, 0.3) is 5.91 Å². The van der Waals surface area contributed by atoms with E-state index in [0.29, 0.717) is 38.3 Å². The summed E-state index contributed by atoms with van der Waals surface area (Å²) in [5.74, 6) is -0.415. The van der Waals surface area contributed by atoms with Crippen LogP contribution in [0.15, 0.2) is 30.3 Å². The number of methoxy groups -OCH3 is 1. The Morgan fingerprint density at radius 3 is 2.16 bits per heavy atom. The number of aliphatic hydroxyl groups is 2.